The van der Waals surface area contributed by atoms with Gasteiger partial charge in [-0.3, -0.25) is 4.90 Å². The number of piperidine rings is 1. The molecule has 0 radical (unpaired) electrons. The van der Waals surface area contributed by atoms with E-state index in [-0.39, 0.29) is 11.3 Å². The Hall–Kier alpha value is -1.55. The lowest BCUT2D eigenvalue weighted by Crippen LogP contribution is -2.29. The average Bonchev–Trinajstić information content (AvgIpc) is 2.33. The van der Waals surface area contributed by atoms with E-state index >= 15 is 0 Å². The summed E-state index contributed by atoms with van der Waals surface area (Å²) in [6.45, 7) is 2.68. The Morgan fingerprint density at radius 3 is 2.59 bits per heavy atom. The number of carboxylic acids is 1. The maximum Gasteiger partial charge on any atom is 0.339 e. The number of benzene rings is 1. The molecule has 1 fully saturated rings. The number of hydrogen-bond acceptors (Lipinski definition) is 3. The molecular weight excluding hydrogens is 218 g/mol. The molecule has 2 rings (SSSR count). The Balaban J connectivity index is 2.15. The van der Waals surface area contributed by atoms with E-state index in [0.29, 0.717) is 12.1 Å². The van der Waals surface area contributed by atoms with Crippen LogP contribution in [0.25, 0.3) is 0 Å². The molecule has 1 aliphatic rings. The summed E-state index contributed by atoms with van der Waals surface area (Å²) in [5.41, 5.74) is 0.686. The summed E-state index contributed by atoms with van der Waals surface area (Å²) < 4.78 is 0. The van der Waals surface area contributed by atoms with Gasteiger partial charge in [-0.15, -0.1) is 0 Å². The molecule has 0 aromatic heterocycles. The van der Waals surface area contributed by atoms with Gasteiger partial charge < -0.3 is 10.2 Å². The molecule has 0 amide bonds. The van der Waals surface area contributed by atoms with Crippen LogP contribution in [0.15, 0.2) is 18.2 Å². The zero-order valence-corrected chi connectivity index (χ0v) is 9.72. The Labute approximate surface area is 100 Å². The van der Waals surface area contributed by atoms with Gasteiger partial charge in [0.2, 0.25) is 0 Å². The first kappa shape index (κ1) is 11.9. The minimum Gasteiger partial charge on any atom is -0.507 e. The van der Waals surface area contributed by atoms with Gasteiger partial charge in [-0.25, -0.2) is 4.79 Å². The highest BCUT2D eigenvalue weighted by atomic mass is 16.4. The van der Waals surface area contributed by atoms with Gasteiger partial charge in [0.05, 0.1) is 0 Å². The predicted octanol–water partition coefficient (Wildman–Crippen LogP) is 2.08. The van der Waals surface area contributed by atoms with Crippen LogP contribution in [0.1, 0.15) is 35.2 Å². The zero-order valence-electron chi connectivity index (χ0n) is 9.72. The highest BCUT2D eigenvalue weighted by molar-refractivity contribution is 5.91. The average molecular weight is 235 g/mol. The Bertz CT molecular complexity index is 411. The first-order chi connectivity index (χ1) is 8.18. The third kappa shape index (κ3) is 2.77. The van der Waals surface area contributed by atoms with E-state index in [1.54, 1.807) is 12.1 Å². The number of aromatic carboxylic acids is 1. The van der Waals surface area contributed by atoms with Crippen LogP contribution >= 0.6 is 0 Å². The van der Waals surface area contributed by atoms with Crippen molar-refractivity contribution in [3.63, 3.8) is 0 Å². The number of phenols is 1. The smallest absolute Gasteiger partial charge is 0.339 e. The van der Waals surface area contributed by atoms with Crippen molar-refractivity contribution < 1.29 is 15.0 Å². The molecular formula is C13H17NO3. The minimum absolute atomic E-state index is 0.0143. The molecule has 2 N–H and O–H groups in total. The van der Waals surface area contributed by atoms with Crippen molar-refractivity contribution in [2.24, 2.45) is 0 Å². The number of aromatic hydroxyl groups is 1. The maximum atomic E-state index is 10.9. The van der Waals surface area contributed by atoms with Gasteiger partial charge in [0.1, 0.15) is 11.3 Å². The van der Waals surface area contributed by atoms with Crippen LogP contribution in [-0.2, 0) is 6.54 Å². The number of nitrogens with zero attached hydrogens (tertiary/aromatic N) is 1. The van der Waals surface area contributed by atoms with Gasteiger partial charge in [0.15, 0.2) is 0 Å². The normalized spacial score (nSPS) is 16.9. The van der Waals surface area contributed by atoms with Crippen molar-refractivity contribution >= 4 is 5.97 Å². The van der Waals surface area contributed by atoms with Crippen LogP contribution in [0.3, 0.4) is 0 Å². The number of likely N-dealkylation sites (tertiary alicyclic amines) is 1. The third-order valence-electron chi connectivity index (χ3n) is 3.19. The molecule has 0 aliphatic carbocycles. The number of carbonyl (C=O) groups is 1. The highest BCUT2D eigenvalue weighted by Crippen LogP contribution is 2.24. The molecule has 0 spiro atoms. The van der Waals surface area contributed by atoms with E-state index in [4.69, 9.17) is 5.11 Å². The molecule has 4 heteroatoms. The fourth-order valence-corrected chi connectivity index (χ4v) is 2.25. The lowest BCUT2D eigenvalue weighted by atomic mass is 10.1. The second-order valence-electron chi connectivity index (χ2n) is 4.46. The largest absolute Gasteiger partial charge is 0.507 e. The van der Waals surface area contributed by atoms with E-state index in [1.165, 1.54) is 25.3 Å². The summed E-state index contributed by atoms with van der Waals surface area (Å²) in [4.78, 5) is 13.1. The molecule has 0 atom stereocenters. The standard InChI is InChI=1S/C13H17NO3/c15-12-10(5-4-6-11(12)13(16)17)9-14-7-2-1-3-8-14/h4-6,15H,1-3,7-9H2,(H,16,17). The summed E-state index contributed by atoms with van der Waals surface area (Å²) in [7, 11) is 0. The van der Waals surface area contributed by atoms with Crippen LogP contribution in [0.5, 0.6) is 5.75 Å². The molecule has 92 valence electrons. The summed E-state index contributed by atoms with van der Waals surface area (Å²) in [5, 5.41) is 18.8. The summed E-state index contributed by atoms with van der Waals surface area (Å²) >= 11 is 0. The van der Waals surface area contributed by atoms with Crippen molar-refractivity contribution in [1.82, 2.24) is 4.90 Å². The van der Waals surface area contributed by atoms with E-state index in [0.717, 1.165) is 13.1 Å². The van der Waals surface area contributed by atoms with Crippen LogP contribution < -0.4 is 0 Å². The van der Waals surface area contributed by atoms with Crippen LogP contribution in [0.4, 0.5) is 0 Å². The van der Waals surface area contributed by atoms with Gasteiger partial charge in [0, 0.05) is 12.1 Å². The van der Waals surface area contributed by atoms with Crippen LogP contribution in [0, 0.1) is 0 Å². The first-order valence-corrected chi connectivity index (χ1v) is 5.95. The van der Waals surface area contributed by atoms with Gasteiger partial charge in [-0.2, -0.15) is 0 Å². The number of rotatable bonds is 3. The summed E-state index contributed by atoms with van der Waals surface area (Å²) in [6, 6.07) is 4.90. The highest BCUT2D eigenvalue weighted by Gasteiger charge is 2.16. The first-order valence-electron chi connectivity index (χ1n) is 5.95. The van der Waals surface area contributed by atoms with Crippen molar-refractivity contribution in [3.05, 3.63) is 29.3 Å². The molecule has 17 heavy (non-hydrogen) atoms. The SMILES string of the molecule is O=C(O)c1cccc(CN2CCCCC2)c1O. The summed E-state index contributed by atoms with van der Waals surface area (Å²) in [6.07, 6.45) is 3.62. The van der Waals surface area contributed by atoms with Crippen molar-refractivity contribution in [2.45, 2.75) is 25.8 Å². The zero-order chi connectivity index (χ0) is 12.3. The molecule has 0 bridgehead atoms. The Morgan fingerprint density at radius 1 is 1.24 bits per heavy atom. The van der Waals surface area contributed by atoms with Gasteiger partial charge in [-0.05, 0) is 32.0 Å². The molecule has 0 saturated carbocycles. The Kier molecular flexibility index (Phi) is 3.64. The maximum absolute atomic E-state index is 10.9. The van der Waals surface area contributed by atoms with Gasteiger partial charge >= 0.3 is 5.97 Å². The van der Waals surface area contributed by atoms with Crippen molar-refractivity contribution in [1.29, 1.82) is 0 Å². The molecule has 0 unspecified atom stereocenters. The van der Waals surface area contributed by atoms with E-state index in [9.17, 15) is 9.90 Å². The van der Waals surface area contributed by atoms with Crippen LogP contribution in [-0.4, -0.2) is 34.2 Å². The Morgan fingerprint density at radius 2 is 1.94 bits per heavy atom. The third-order valence-corrected chi connectivity index (χ3v) is 3.19. The molecule has 1 heterocycles. The van der Waals surface area contributed by atoms with Crippen molar-refractivity contribution in [2.75, 3.05) is 13.1 Å². The molecule has 1 aromatic carbocycles. The van der Waals surface area contributed by atoms with Gasteiger partial charge in [-0.1, -0.05) is 18.6 Å². The minimum atomic E-state index is -1.08. The lowest BCUT2D eigenvalue weighted by Gasteiger charge is -2.26. The molecule has 1 saturated heterocycles. The lowest BCUT2D eigenvalue weighted by molar-refractivity contribution is 0.0693. The molecule has 1 aliphatic heterocycles. The fraction of sp³-hybridized carbons (Fsp3) is 0.462. The molecule has 1 aromatic rings. The molecule has 4 nitrogen and oxygen atoms in total. The summed E-state index contributed by atoms with van der Waals surface area (Å²) in [5.74, 6) is -1.17. The topological polar surface area (TPSA) is 60.8 Å². The van der Waals surface area contributed by atoms with Gasteiger partial charge in [0.25, 0.3) is 0 Å². The number of hydrogen-bond donors (Lipinski definition) is 2. The number of para-hydroxylation sites is 1. The van der Waals surface area contributed by atoms with Crippen molar-refractivity contribution in [3.8, 4) is 5.75 Å². The van der Waals surface area contributed by atoms with E-state index in [1.807, 2.05) is 0 Å². The van der Waals surface area contributed by atoms with E-state index in [2.05, 4.69) is 4.90 Å². The second kappa shape index (κ2) is 5.19. The number of carboxylic acid groups (broad SMARTS) is 1. The van der Waals surface area contributed by atoms with Crippen LogP contribution in [0.2, 0.25) is 0 Å². The fourth-order valence-electron chi connectivity index (χ4n) is 2.25. The monoisotopic (exact) mass is 235 g/mol. The van der Waals surface area contributed by atoms with E-state index < -0.39 is 5.97 Å². The second-order valence-corrected chi connectivity index (χ2v) is 4.46. The quantitative estimate of drug-likeness (QED) is 0.842. The predicted molar refractivity (Wildman–Crippen MR) is 64.2 cm³/mol.